The largest absolute Gasteiger partial charge is 0.480 e. The second-order valence-corrected chi connectivity index (χ2v) is 6.35. The Morgan fingerprint density at radius 3 is 2.71 bits per heavy atom. The van der Waals surface area contributed by atoms with Crippen LogP contribution in [0.1, 0.15) is 24.5 Å². The zero-order valence-corrected chi connectivity index (χ0v) is 13.3. The molecule has 1 heterocycles. The molecule has 6 heteroatoms. The summed E-state index contributed by atoms with van der Waals surface area (Å²) in [5.74, 6) is -1.37. The quantitative estimate of drug-likeness (QED) is 0.682. The minimum atomic E-state index is -1.04. The number of thioether (sulfide) groups is 1. The molecule has 0 bridgehead atoms. The first kappa shape index (κ1) is 15.7. The fourth-order valence-electron chi connectivity index (χ4n) is 2.11. The number of aryl methyl sites for hydroxylation is 1. The van der Waals surface area contributed by atoms with E-state index in [2.05, 4.69) is 0 Å². The van der Waals surface area contributed by atoms with Gasteiger partial charge in [0.15, 0.2) is 0 Å². The average Bonchev–Trinajstić information content (AvgIpc) is 2.70. The highest BCUT2D eigenvalue weighted by Crippen LogP contribution is 2.34. The van der Waals surface area contributed by atoms with Crippen molar-refractivity contribution < 1.29 is 14.7 Å². The van der Waals surface area contributed by atoms with E-state index in [9.17, 15) is 14.7 Å². The molecular formula is C15H15NO3S2. The predicted molar refractivity (Wildman–Crippen MR) is 87.9 cm³/mol. The average molecular weight is 321 g/mol. The van der Waals surface area contributed by atoms with E-state index in [-0.39, 0.29) is 5.91 Å². The first-order chi connectivity index (χ1) is 9.95. The molecule has 110 valence electrons. The molecule has 2 rings (SSSR count). The number of hydrogen-bond donors (Lipinski definition) is 1. The van der Waals surface area contributed by atoms with Crippen LogP contribution in [0.5, 0.6) is 0 Å². The number of amides is 1. The van der Waals surface area contributed by atoms with E-state index < -0.39 is 12.0 Å². The SMILES string of the molecule is CCC(C(=O)O)N1C(=O)C(=Cc2ccccc2C)SC1=S. The van der Waals surface area contributed by atoms with Crippen molar-refractivity contribution in [3.8, 4) is 0 Å². The number of thiocarbonyl (C=S) groups is 1. The van der Waals surface area contributed by atoms with Crippen LogP contribution < -0.4 is 0 Å². The molecule has 1 aromatic rings. The molecule has 0 aliphatic carbocycles. The fourth-order valence-corrected chi connectivity index (χ4v) is 3.45. The maximum atomic E-state index is 12.4. The first-order valence-corrected chi connectivity index (χ1v) is 7.73. The molecule has 1 saturated heterocycles. The van der Waals surface area contributed by atoms with Crippen molar-refractivity contribution in [2.24, 2.45) is 0 Å². The number of nitrogens with zero attached hydrogens (tertiary/aromatic N) is 1. The summed E-state index contributed by atoms with van der Waals surface area (Å²) in [6.45, 7) is 3.68. The van der Waals surface area contributed by atoms with Gasteiger partial charge in [0.25, 0.3) is 5.91 Å². The summed E-state index contributed by atoms with van der Waals surface area (Å²) in [4.78, 5) is 25.3. The lowest BCUT2D eigenvalue weighted by molar-refractivity contribution is -0.145. The van der Waals surface area contributed by atoms with E-state index in [1.165, 1.54) is 4.90 Å². The Morgan fingerprint density at radius 1 is 1.48 bits per heavy atom. The molecule has 1 amide bonds. The summed E-state index contributed by atoms with van der Waals surface area (Å²) in [6.07, 6.45) is 2.09. The third kappa shape index (κ3) is 3.16. The Labute approximate surface area is 132 Å². The molecule has 1 aliphatic rings. The Bertz CT molecular complexity index is 640. The predicted octanol–water partition coefficient (Wildman–Crippen LogP) is 3.06. The van der Waals surface area contributed by atoms with Crippen LogP contribution >= 0.6 is 24.0 Å². The third-order valence-electron chi connectivity index (χ3n) is 3.28. The van der Waals surface area contributed by atoms with Gasteiger partial charge in [-0.05, 0) is 30.5 Å². The van der Waals surface area contributed by atoms with Crippen LogP contribution in [0.4, 0.5) is 0 Å². The molecule has 0 saturated carbocycles. The van der Waals surface area contributed by atoms with Crippen molar-refractivity contribution in [1.29, 1.82) is 0 Å². The summed E-state index contributed by atoms with van der Waals surface area (Å²) in [7, 11) is 0. The number of benzene rings is 1. The van der Waals surface area contributed by atoms with Gasteiger partial charge >= 0.3 is 5.97 Å². The molecule has 1 aliphatic heterocycles. The summed E-state index contributed by atoms with van der Waals surface area (Å²) < 4.78 is 0.300. The zero-order chi connectivity index (χ0) is 15.6. The van der Waals surface area contributed by atoms with Gasteiger partial charge in [-0.1, -0.05) is 55.2 Å². The maximum absolute atomic E-state index is 12.4. The molecule has 1 unspecified atom stereocenters. The lowest BCUT2D eigenvalue weighted by atomic mass is 10.1. The Morgan fingerprint density at radius 2 is 2.14 bits per heavy atom. The number of carboxylic acid groups (broad SMARTS) is 1. The van der Waals surface area contributed by atoms with Crippen LogP contribution in [0, 0.1) is 6.92 Å². The second-order valence-electron chi connectivity index (χ2n) is 4.67. The minimum Gasteiger partial charge on any atom is -0.480 e. The van der Waals surface area contributed by atoms with E-state index >= 15 is 0 Å². The molecule has 4 nitrogen and oxygen atoms in total. The molecular weight excluding hydrogens is 306 g/mol. The number of carbonyl (C=O) groups excluding carboxylic acids is 1. The van der Waals surface area contributed by atoms with Gasteiger partial charge in [-0.2, -0.15) is 0 Å². The van der Waals surface area contributed by atoms with E-state index in [0.717, 1.165) is 22.9 Å². The number of carboxylic acids is 1. The maximum Gasteiger partial charge on any atom is 0.326 e. The van der Waals surface area contributed by atoms with E-state index in [1.54, 1.807) is 13.0 Å². The summed E-state index contributed by atoms with van der Waals surface area (Å²) in [6, 6.07) is 6.79. The van der Waals surface area contributed by atoms with Crippen LogP contribution in [0.15, 0.2) is 29.2 Å². The standard InChI is InChI=1S/C15H15NO3S2/c1-3-11(14(18)19)16-13(17)12(21-15(16)20)8-10-7-5-4-6-9(10)2/h4-8,11H,3H2,1-2H3,(H,18,19). The summed E-state index contributed by atoms with van der Waals surface area (Å²) in [5, 5.41) is 9.21. The second kappa shape index (κ2) is 6.41. The number of hydrogen-bond acceptors (Lipinski definition) is 4. The van der Waals surface area contributed by atoms with Crippen LogP contribution in [-0.2, 0) is 9.59 Å². The van der Waals surface area contributed by atoms with Crippen molar-refractivity contribution in [3.63, 3.8) is 0 Å². The summed E-state index contributed by atoms with van der Waals surface area (Å²) in [5.41, 5.74) is 1.98. The van der Waals surface area contributed by atoms with E-state index in [0.29, 0.717) is 15.6 Å². The van der Waals surface area contributed by atoms with E-state index in [4.69, 9.17) is 12.2 Å². The molecule has 21 heavy (non-hydrogen) atoms. The van der Waals surface area contributed by atoms with Crippen molar-refractivity contribution in [3.05, 3.63) is 40.3 Å². The monoisotopic (exact) mass is 321 g/mol. The van der Waals surface area contributed by atoms with Crippen LogP contribution in [0.3, 0.4) is 0 Å². The third-order valence-corrected chi connectivity index (χ3v) is 4.61. The van der Waals surface area contributed by atoms with Crippen molar-refractivity contribution in [1.82, 2.24) is 4.90 Å². The normalized spacial score (nSPS) is 18.4. The van der Waals surface area contributed by atoms with Crippen molar-refractivity contribution >= 4 is 46.3 Å². The molecule has 1 aromatic carbocycles. The van der Waals surface area contributed by atoms with Crippen molar-refractivity contribution in [2.45, 2.75) is 26.3 Å². The van der Waals surface area contributed by atoms with Gasteiger partial charge in [0.05, 0.1) is 4.91 Å². The minimum absolute atomic E-state index is 0.300. The molecule has 0 spiro atoms. The van der Waals surface area contributed by atoms with Gasteiger partial charge in [0.1, 0.15) is 10.4 Å². The lowest BCUT2D eigenvalue weighted by Crippen LogP contribution is -2.43. The molecule has 1 N–H and O–H groups in total. The fraction of sp³-hybridized carbons (Fsp3) is 0.267. The molecule has 0 radical (unpaired) electrons. The van der Waals surface area contributed by atoms with E-state index in [1.807, 2.05) is 31.2 Å². The topological polar surface area (TPSA) is 57.6 Å². The first-order valence-electron chi connectivity index (χ1n) is 6.51. The van der Waals surface area contributed by atoms with Gasteiger partial charge in [-0.3, -0.25) is 9.69 Å². The lowest BCUT2D eigenvalue weighted by Gasteiger charge is -2.21. The number of carbonyl (C=O) groups is 2. The molecule has 0 aromatic heterocycles. The van der Waals surface area contributed by atoms with Crippen LogP contribution in [0.2, 0.25) is 0 Å². The Kier molecular flexibility index (Phi) is 4.80. The Hall–Kier alpha value is -1.66. The Balaban J connectivity index is 2.34. The smallest absolute Gasteiger partial charge is 0.326 e. The number of aliphatic carboxylic acids is 1. The molecule has 1 atom stereocenters. The van der Waals surface area contributed by atoms with Gasteiger partial charge in [0, 0.05) is 0 Å². The van der Waals surface area contributed by atoms with Gasteiger partial charge in [-0.25, -0.2) is 4.79 Å². The molecule has 1 fully saturated rings. The van der Waals surface area contributed by atoms with Gasteiger partial charge in [0.2, 0.25) is 0 Å². The van der Waals surface area contributed by atoms with Crippen LogP contribution in [0.25, 0.3) is 6.08 Å². The highest BCUT2D eigenvalue weighted by atomic mass is 32.2. The zero-order valence-electron chi connectivity index (χ0n) is 11.7. The van der Waals surface area contributed by atoms with Gasteiger partial charge in [-0.15, -0.1) is 0 Å². The highest BCUT2D eigenvalue weighted by Gasteiger charge is 2.39. The van der Waals surface area contributed by atoms with Gasteiger partial charge < -0.3 is 5.11 Å². The van der Waals surface area contributed by atoms with Crippen LogP contribution in [-0.4, -0.2) is 32.2 Å². The summed E-state index contributed by atoms with van der Waals surface area (Å²) >= 11 is 6.32. The number of rotatable bonds is 4. The highest BCUT2D eigenvalue weighted by molar-refractivity contribution is 8.26. The van der Waals surface area contributed by atoms with Crippen molar-refractivity contribution in [2.75, 3.05) is 0 Å².